The molecule has 0 saturated carbocycles. The zero-order chi connectivity index (χ0) is 15.4. The zero-order valence-electron chi connectivity index (χ0n) is 10.7. The molecule has 20 heavy (non-hydrogen) atoms. The first-order chi connectivity index (χ1) is 9.23. The molecule has 0 aliphatic carbocycles. The van der Waals surface area contributed by atoms with Gasteiger partial charge in [-0.25, -0.2) is 9.78 Å². The van der Waals surface area contributed by atoms with Crippen molar-refractivity contribution in [2.45, 2.75) is 19.9 Å². The van der Waals surface area contributed by atoms with Crippen molar-refractivity contribution in [2.75, 3.05) is 0 Å². The number of nitrogens with one attached hydrogen (secondary N) is 1. The molecule has 1 heterocycles. The van der Waals surface area contributed by atoms with Gasteiger partial charge in [0.1, 0.15) is 23.0 Å². The van der Waals surface area contributed by atoms with E-state index in [1.807, 2.05) is 0 Å². The fourth-order valence-electron chi connectivity index (χ4n) is 1.48. The van der Waals surface area contributed by atoms with E-state index >= 15 is 0 Å². The van der Waals surface area contributed by atoms with Crippen LogP contribution in [-0.2, 0) is 4.79 Å². The van der Waals surface area contributed by atoms with Gasteiger partial charge < -0.3 is 10.4 Å². The van der Waals surface area contributed by atoms with E-state index in [-0.39, 0.29) is 16.6 Å². The molecule has 1 aromatic heterocycles. The first kappa shape index (κ1) is 15.8. The average molecular weight is 302 g/mol. The molecule has 108 valence electrons. The van der Waals surface area contributed by atoms with Crippen LogP contribution in [0.3, 0.4) is 0 Å². The Morgan fingerprint density at radius 2 is 2.10 bits per heavy atom. The molecule has 0 saturated heterocycles. The van der Waals surface area contributed by atoms with Crippen molar-refractivity contribution in [3.8, 4) is 0 Å². The average Bonchev–Trinajstić information content (AvgIpc) is 2.34. The van der Waals surface area contributed by atoms with E-state index in [4.69, 9.17) is 16.7 Å². The predicted octanol–water partition coefficient (Wildman–Crippen LogP) is 1.48. The molecule has 0 unspecified atom stereocenters. The van der Waals surface area contributed by atoms with Crippen LogP contribution in [0.4, 0.5) is 5.69 Å². The first-order valence-corrected chi connectivity index (χ1v) is 5.95. The lowest BCUT2D eigenvalue weighted by atomic mass is 10.0. The highest BCUT2D eigenvalue weighted by molar-refractivity contribution is 6.29. The van der Waals surface area contributed by atoms with Crippen molar-refractivity contribution in [3.63, 3.8) is 0 Å². The van der Waals surface area contributed by atoms with Crippen molar-refractivity contribution >= 4 is 29.2 Å². The second kappa shape index (κ2) is 6.29. The lowest BCUT2D eigenvalue weighted by Gasteiger charge is -2.17. The second-order valence-corrected chi connectivity index (χ2v) is 4.70. The van der Waals surface area contributed by atoms with Gasteiger partial charge in [-0.15, -0.1) is 0 Å². The summed E-state index contributed by atoms with van der Waals surface area (Å²) in [5.41, 5.74) is -0.873. The number of carboxylic acid groups (broad SMARTS) is 1. The minimum absolute atomic E-state index is 0.0998. The summed E-state index contributed by atoms with van der Waals surface area (Å²) in [5, 5.41) is 21.9. The summed E-state index contributed by atoms with van der Waals surface area (Å²) in [4.78, 5) is 36.5. The van der Waals surface area contributed by atoms with Crippen LogP contribution in [0.5, 0.6) is 0 Å². The molecular formula is C11H12ClN3O5. The first-order valence-electron chi connectivity index (χ1n) is 5.57. The van der Waals surface area contributed by atoms with E-state index in [1.165, 1.54) is 0 Å². The predicted molar refractivity (Wildman–Crippen MR) is 69.6 cm³/mol. The molecule has 0 aromatic carbocycles. The number of carboxylic acids is 1. The molecule has 0 aliphatic heterocycles. The van der Waals surface area contributed by atoms with E-state index in [1.54, 1.807) is 13.8 Å². The molecule has 2 N–H and O–H groups in total. The van der Waals surface area contributed by atoms with Gasteiger partial charge in [0.2, 0.25) is 0 Å². The third-order valence-electron chi connectivity index (χ3n) is 2.51. The minimum Gasteiger partial charge on any atom is -0.480 e. The van der Waals surface area contributed by atoms with Gasteiger partial charge >= 0.3 is 5.97 Å². The summed E-state index contributed by atoms with van der Waals surface area (Å²) >= 11 is 5.60. The monoisotopic (exact) mass is 301 g/mol. The summed E-state index contributed by atoms with van der Waals surface area (Å²) < 4.78 is 0. The smallest absolute Gasteiger partial charge is 0.326 e. The van der Waals surface area contributed by atoms with Crippen LogP contribution in [0.15, 0.2) is 12.3 Å². The van der Waals surface area contributed by atoms with Crippen molar-refractivity contribution in [2.24, 2.45) is 5.92 Å². The maximum atomic E-state index is 12.0. The molecule has 8 nitrogen and oxygen atoms in total. The van der Waals surface area contributed by atoms with Gasteiger partial charge in [-0.05, 0) is 12.0 Å². The van der Waals surface area contributed by atoms with E-state index < -0.39 is 28.5 Å². The Hall–Kier alpha value is -2.22. The number of aliphatic carboxylic acids is 1. The lowest BCUT2D eigenvalue weighted by molar-refractivity contribution is -0.385. The van der Waals surface area contributed by atoms with Crippen molar-refractivity contribution in [1.82, 2.24) is 10.3 Å². The molecule has 9 heteroatoms. The van der Waals surface area contributed by atoms with Gasteiger partial charge in [-0.2, -0.15) is 0 Å². The second-order valence-electron chi connectivity index (χ2n) is 4.31. The summed E-state index contributed by atoms with van der Waals surface area (Å²) in [5.74, 6) is -2.49. The Morgan fingerprint density at radius 3 is 2.55 bits per heavy atom. The highest BCUT2D eigenvalue weighted by Gasteiger charge is 2.28. The van der Waals surface area contributed by atoms with Crippen molar-refractivity contribution in [1.29, 1.82) is 0 Å². The highest BCUT2D eigenvalue weighted by atomic mass is 35.5. The Morgan fingerprint density at radius 1 is 1.50 bits per heavy atom. The molecule has 1 rings (SSSR count). The van der Waals surface area contributed by atoms with Crippen LogP contribution < -0.4 is 5.32 Å². The zero-order valence-corrected chi connectivity index (χ0v) is 11.4. The van der Waals surface area contributed by atoms with Crippen LogP contribution in [0.1, 0.15) is 24.2 Å². The summed E-state index contributed by atoms with van der Waals surface area (Å²) in [6, 6.07) is -0.136. The number of hydrogen-bond donors (Lipinski definition) is 2. The van der Waals surface area contributed by atoms with E-state index in [0.717, 1.165) is 12.3 Å². The molecule has 1 atom stereocenters. The lowest BCUT2D eigenvalue weighted by Crippen LogP contribution is -2.44. The third kappa shape index (κ3) is 3.64. The molecule has 1 amide bonds. The number of carbonyl (C=O) groups is 2. The number of pyridine rings is 1. The van der Waals surface area contributed by atoms with Crippen LogP contribution in [0.2, 0.25) is 5.15 Å². The van der Waals surface area contributed by atoms with E-state index in [0.29, 0.717) is 0 Å². The number of nitrogens with zero attached hydrogens (tertiary/aromatic N) is 2. The Labute approximate surface area is 118 Å². The van der Waals surface area contributed by atoms with Gasteiger partial charge in [-0.3, -0.25) is 14.9 Å². The fraction of sp³-hybridized carbons (Fsp3) is 0.364. The third-order valence-corrected chi connectivity index (χ3v) is 2.72. The molecule has 1 aromatic rings. The number of nitro groups is 1. The fourth-order valence-corrected chi connectivity index (χ4v) is 1.64. The van der Waals surface area contributed by atoms with Crippen molar-refractivity contribution < 1.29 is 19.6 Å². The maximum absolute atomic E-state index is 12.0. The number of halogens is 1. The number of rotatable bonds is 5. The van der Waals surface area contributed by atoms with Gasteiger partial charge in [0, 0.05) is 0 Å². The number of hydrogen-bond acceptors (Lipinski definition) is 5. The normalized spacial score (nSPS) is 12.0. The topological polar surface area (TPSA) is 122 Å². The SMILES string of the molecule is CC(C)[C@@H](NC(=O)c1cc(Cl)ncc1[N+](=O)[O-])C(=O)O. The minimum atomic E-state index is -1.23. The molecule has 0 radical (unpaired) electrons. The van der Waals surface area contributed by atoms with E-state index in [2.05, 4.69) is 10.3 Å². The van der Waals surface area contributed by atoms with Gasteiger partial charge in [-0.1, -0.05) is 25.4 Å². The Balaban J connectivity index is 3.11. The number of carbonyl (C=O) groups excluding carboxylic acids is 1. The molecule has 0 bridgehead atoms. The van der Waals surface area contributed by atoms with Crippen LogP contribution in [0.25, 0.3) is 0 Å². The Bertz CT molecular complexity index is 561. The standard InChI is InChI=1S/C11H12ClN3O5/c1-5(2)9(11(17)18)14-10(16)6-3-8(12)13-4-7(6)15(19)20/h3-5,9H,1-2H3,(H,14,16)(H,17,18)/t9-/m1/s1. The molecular weight excluding hydrogens is 290 g/mol. The highest BCUT2D eigenvalue weighted by Crippen LogP contribution is 2.20. The molecule has 0 fully saturated rings. The van der Waals surface area contributed by atoms with Gasteiger partial charge in [0.05, 0.1) is 4.92 Å². The van der Waals surface area contributed by atoms with Crippen LogP contribution in [0, 0.1) is 16.0 Å². The van der Waals surface area contributed by atoms with Crippen molar-refractivity contribution in [3.05, 3.63) is 33.1 Å². The largest absolute Gasteiger partial charge is 0.480 e. The number of aromatic nitrogens is 1. The number of amides is 1. The van der Waals surface area contributed by atoms with Gasteiger partial charge in [0.15, 0.2) is 0 Å². The molecule has 0 aliphatic rings. The van der Waals surface area contributed by atoms with E-state index in [9.17, 15) is 19.7 Å². The summed E-state index contributed by atoms with van der Waals surface area (Å²) in [6.45, 7) is 3.21. The maximum Gasteiger partial charge on any atom is 0.326 e. The summed E-state index contributed by atoms with van der Waals surface area (Å²) in [7, 11) is 0. The van der Waals surface area contributed by atoms with Gasteiger partial charge in [0.25, 0.3) is 11.6 Å². The quantitative estimate of drug-likeness (QED) is 0.482. The summed E-state index contributed by atoms with van der Waals surface area (Å²) in [6.07, 6.45) is 0.850. The Kier molecular flexibility index (Phi) is 4.98. The van der Waals surface area contributed by atoms with Crippen LogP contribution in [-0.4, -0.2) is 32.9 Å². The van der Waals surface area contributed by atoms with Crippen LogP contribution >= 0.6 is 11.6 Å². The molecule has 0 spiro atoms.